The lowest BCUT2D eigenvalue weighted by atomic mass is 9.87. The van der Waals surface area contributed by atoms with E-state index in [9.17, 15) is 4.79 Å². The highest BCUT2D eigenvalue weighted by molar-refractivity contribution is 5.93. The number of rotatable bonds is 5. The van der Waals surface area contributed by atoms with Gasteiger partial charge in [-0.05, 0) is 41.2 Å². The SMILES string of the molecule is CC(C)CNC(=O)c1cc(Nc2ccc(C(C)(C)C)cc2)ccn1. The first-order valence-corrected chi connectivity index (χ1v) is 8.37. The van der Waals surface area contributed by atoms with Crippen LogP contribution in [0.5, 0.6) is 0 Å². The molecule has 1 aromatic heterocycles. The molecular formula is C20H27N3O. The predicted molar refractivity (Wildman–Crippen MR) is 99.8 cm³/mol. The molecule has 2 N–H and O–H groups in total. The van der Waals surface area contributed by atoms with Crippen molar-refractivity contribution >= 4 is 17.3 Å². The second kappa shape index (κ2) is 7.47. The molecule has 0 fully saturated rings. The van der Waals surface area contributed by atoms with E-state index in [1.54, 1.807) is 12.3 Å². The maximum atomic E-state index is 12.1. The number of hydrogen-bond acceptors (Lipinski definition) is 3. The molecule has 4 heteroatoms. The summed E-state index contributed by atoms with van der Waals surface area (Å²) in [5.41, 5.74) is 3.69. The summed E-state index contributed by atoms with van der Waals surface area (Å²) in [6.45, 7) is 11.4. The fraction of sp³-hybridized carbons (Fsp3) is 0.400. The van der Waals surface area contributed by atoms with Gasteiger partial charge in [0.05, 0.1) is 0 Å². The number of nitrogens with one attached hydrogen (secondary N) is 2. The Morgan fingerprint density at radius 1 is 1.08 bits per heavy atom. The summed E-state index contributed by atoms with van der Waals surface area (Å²) in [5.74, 6) is 0.270. The van der Waals surface area contributed by atoms with Gasteiger partial charge in [-0.25, -0.2) is 0 Å². The van der Waals surface area contributed by atoms with Crippen LogP contribution in [0.3, 0.4) is 0 Å². The smallest absolute Gasteiger partial charge is 0.269 e. The molecule has 0 bridgehead atoms. The van der Waals surface area contributed by atoms with E-state index in [2.05, 4.69) is 74.5 Å². The molecule has 0 radical (unpaired) electrons. The molecule has 24 heavy (non-hydrogen) atoms. The summed E-state index contributed by atoms with van der Waals surface area (Å²) >= 11 is 0. The Labute approximate surface area is 144 Å². The second-order valence-corrected chi connectivity index (χ2v) is 7.49. The van der Waals surface area contributed by atoms with Crippen molar-refractivity contribution in [2.75, 3.05) is 11.9 Å². The van der Waals surface area contributed by atoms with E-state index in [0.29, 0.717) is 18.2 Å². The van der Waals surface area contributed by atoms with Gasteiger partial charge in [-0.15, -0.1) is 0 Å². The van der Waals surface area contributed by atoms with Crippen LogP contribution in [-0.2, 0) is 5.41 Å². The van der Waals surface area contributed by atoms with Crippen LogP contribution in [0.15, 0.2) is 42.6 Å². The number of pyridine rings is 1. The second-order valence-electron chi connectivity index (χ2n) is 7.49. The molecule has 2 rings (SSSR count). The molecule has 128 valence electrons. The van der Waals surface area contributed by atoms with Crippen molar-refractivity contribution in [3.8, 4) is 0 Å². The third kappa shape index (κ3) is 5.08. The Kier molecular flexibility index (Phi) is 5.60. The third-order valence-corrected chi connectivity index (χ3v) is 3.70. The van der Waals surface area contributed by atoms with Gasteiger partial charge in [-0.2, -0.15) is 0 Å². The zero-order valence-corrected chi connectivity index (χ0v) is 15.2. The molecule has 1 amide bonds. The van der Waals surface area contributed by atoms with Crippen molar-refractivity contribution in [1.82, 2.24) is 10.3 Å². The molecule has 0 unspecified atom stereocenters. The molecular weight excluding hydrogens is 298 g/mol. The van der Waals surface area contributed by atoms with Gasteiger partial charge in [-0.1, -0.05) is 46.8 Å². The predicted octanol–water partition coefficient (Wildman–Crippen LogP) is 4.51. The third-order valence-electron chi connectivity index (χ3n) is 3.70. The standard InChI is InChI=1S/C20H27N3O/c1-14(2)13-22-19(24)18-12-17(10-11-21-18)23-16-8-6-15(7-9-16)20(3,4)5/h6-12,14H,13H2,1-5H3,(H,21,23)(H,22,24). The molecule has 0 saturated heterocycles. The first-order chi connectivity index (χ1) is 11.3. The van der Waals surface area contributed by atoms with Crippen LogP contribution in [-0.4, -0.2) is 17.4 Å². The first kappa shape index (κ1) is 18.0. The number of aromatic nitrogens is 1. The lowest BCUT2D eigenvalue weighted by molar-refractivity contribution is 0.0944. The maximum Gasteiger partial charge on any atom is 0.269 e. The van der Waals surface area contributed by atoms with Gasteiger partial charge in [0.2, 0.25) is 0 Å². The van der Waals surface area contributed by atoms with Crippen LogP contribution in [0.1, 0.15) is 50.7 Å². The number of nitrogens with zero attached hydrogens (tertiary/aromatic N) is 1. The highest BCUT2D eigenvalue weighted by Crippen LogP contribution is 2.25. The van der Waals surface area contributed by atoms with E-state index in [4.69, 9.17) is 0 Å². The molecule has 0 saturated carbocycles. The minimum atomic E-state index is -0.143. The Morgan fingerprint density at radius 3 is 2.33 bits per heavy atom. The molecule has 0 aliphatic heterocycles. The number of amides is 1. The maximum absolute atomic E-state index is 12.1. The minimum absolute atomic E-state index is 0.136. The van der Waals surface area contributed by atoms with E-state index in [-0.39, 0.29) is 11.3 Å². The van der Waals surface area contributed by atoms with Crippen molar-refractivity contribution in [2.45, 2.75) is 40.0 Å². The van der Waals surface area contributed by atoms with E-state index >= 15 is 0 Å². The molecule has 4 nitrogen and oxygen atoms in total. The van der Waals surface area contributed by atoms with Crippen LogP contribution in [0.2, 0.25) is 0 Å². The normalized spacial score (nSPS) is 11.4. The molecule has 0 aliphatic carbocycles. The Balaban J connectivity index is 2.08. The Hall–Kier alpha value is -2.36. The van der Waals surface area contributed by atoms with Crippen LogP contribution in [0.4, 0.5) is 11.4 Å². The number of benzene rings is 1. The number of carbonyl (C=O) groups is 1. The van der Waals surface area contributed by atoms with Gasteiger partial charge in [-0.3, -0.25) is 9.78 Å². The summed E-state index contributed by atoms with van der Waals surface area (Å²) in [5, 5.41) is 6.21. The average Bonchev–Trinajstić information content (AvgIpc) is 2.52. The molecule has 0 spiro atoms. The average molecular weight is 325 g/mol. The summed E-state index contributed by atoms with van der Waals surface area (Å²) in [4.78, 5) is 16.3. The molecule has 0 atom stereocenters. The number of carbonyl (C=O) groups excluding carboxylic acids is 1. The van der Waals surface area contributed by atoms with Gasteiger partial charge >= 0.3 is 0 Å². The molecule has 1 aromatic carbocycles. The van der Waals surface area contributed by atoms with Gasteiger partial charge < -0.3 is 10.6 Å². The van der Waals surface area contributed by atoms with Crippen LogP contribution < -0.4 is 10.6 Å². The first-order valence-electron chi connectivity index (χ1n) is 8.37. The van der Waals surface area contributed by atoms with Crippen molar-refractivity contribution in [1.29, 1.82) is 0 Å². The van der Waals surface area contributed by atoms with Gasteiger partial charge in [0.25, 0.3) is 5.91 Å². The lowest BCUT2D eigenvalue weighted by Gasteiger charge is -2.19. The fourth-order valence-corrected chi connectivity index (χ4v) is 2.24. The van der Waals surface area contributed by atoms with Crippen molar-refractivity contribution in [2.24, 2.45) is 5.92 Å². The van der Waals surface area contributed by atoms with Crippen LogP contribution >= 0.6 is 0 Å². The summed E-state index contributed by atoms with van der Waals surface area (Å²) in [6, 6.07) is 12.0. The zero-order chi connectivity index (χ0) is 17.7. The van der Waals surface area contributed by atoms with E-state index < -0.39 is 0 Å². The summed E-state index contributed by atoms with van der Waals surface area (Å²) in [7, 11) is 0. The van der Waals surface area contributed by atoms with Crippen molar-refractivity contribution < 1.29 is 4.79 Å². The highest BCUT2D eigenvalue weighted by Gasteiger charge is 2.13. The monoisotopic (exact) mass is 325 g/mol. The largest absolute Gasteiger partial charge is 0.355 e. The zero-order valence-electron chi connectivity index (χ0n) is 15.2. The van der Waals surface area contributed by atoms with Gasteiger partial charge in [0.15, 0.2) is 0 Å². The topological polar surface area (TPSA) is 54.0 Å². The lowest BCUT2D eigenvalue weighted by Crippen LogP contribution is -2.28. The summed E-state index contributed by atoms with van der Waals surface area (Å²) in [6.07, 6.45) is 1.65. The van der Waals surface area contributed by atoms with E-state index in [1.165, 1.54) is 5.56 Å². The molecule has 2 aromatic rings. The Morgan fingerprint density at radius 2 is 1.75 bits per heavy atom. The van der Waals surface area contributed by atoms with E-state index in [1.807, 2.05) is 6.07 Å². The number of anilines is 2. The van der Waals surface area contributed by atoms with Crippen molar-refractivity contribution in [3.05, 3.63) is 53.9 Å². The van der Waals surface area contributed by atoms with Crippen molar-refractivity contribution in [3.63, 3.8) is 0 Å². The van der Waals surface area contributed by atoms with E-state index in [0.717, 1.165) is 11.4 Å². The molecule has 1 heterocycles. The van der Waals surface area contributed by atoms with Crippen LogP contribution in [0.25, 0.3) is 0 Å². The molecule has 0 aliphatic rings. The van der Waals surface area contributed by atoms with Gasteiger partial charge in [0, 0.05) is 24.1 Å². The minimum Gasteiger partial charge on any atom is -0.355 e. The van der Waals surface area contributed by atoms with Gasteiger partial charge in [0.1, 0.15) is 5.69 Å². The van der Waals surface area contributed by atoms with Crippen LogP contribution in [0, 0.1) is 5.92 Å². The quantitative estimate of drug-likeness (QED) is 0.850. The summed E-state index contributed by atoms with van der Waals surface area (Å²) < 4.78 is 0. The fourth-order valence-electron chi connectivity index (χ4n) is 2.24. The highest BCUT2D eigenvalue weighted by atomic mass is 16.1. The Bertz CT molecular complexity index is 685. The number of hydrogen-bond donors (Lipinski definition) is 2.